The molecule has 0 unspecified atom stereocenters. The van der Waals surface area contributed by atoms with Crippen molar-refractivity contribution < 1.29 is 0 Å². The summed E-state index contributed by atoms with van der Waals surface area (Å²) < 4.78 is 0. The second-order valence-electron chi connectivity index (χ2n) is 2.97. The third-order valence-corrected chi connectivity index (χ3v) is 2.21. The Morgan fingerprint density at radius 1 is 1.64 bits per heavy atom. The summed E-state index contributed by atoms with van der Waals surface area (Å²) in [4.78, 5) is 8.04. The fourth-order valence-corrected chi connectivity index (χ4v) is 1.39. The van der Waals surface area contributed by atoms with Crippen molar-refractivity contribution >= 4 is 0 Å². The molecule has 2 atom stereocenters. The number of nitrogens with zero attached hydrogens (tertiary/aromatic N) is 2. The first-order valence-corrected chi connectivity index (χ1v) is 3.88. The van der Waals surface area contributed by atoms with Gasteiger partial charge in [-0.3, -0.25) is 0 Å². The van der Waals surface area contributed by atoms with Gasteiger partial charge in [-0.15, -0.1) is 0 Å². The largest absolute Gasteiger partial charge is 0.330 e. The van der Waals surface area contributed by atoms with E-state index in [9.17, 15) is 0 Å². The number of hydrogen-bond donors (Lipinski definition) is 1. The first-order chi connectivity index (χ1) is 5.42. The van der Waals surface area contributed by atoms with Crippen molar-refractivity contribution in [3.63, 3.8) is 0 Å². The molecular weight excluding hydrogens is 138 g/mol. The standard InChI is InChI=1S/C8H11N3/c9-4-6-3-7(6)8-1-2-10-5-11-8/h1-2,5-7H,3-4,9H2/t6-,7+/m0/s1. The van der Waals surface area contributed by atoms with E-state index in [1.165, 1.54) is 6.42 Å². The van der Waals surface area contributed by atoms with Crippen LogP contribution in [-0.4, -0.2) is 16.5 Å². The Balaban J connectivity index is 2.09. The maximum Gasteiger partial charge on any atom is 0.115 e. The van der Waals surface area contributed by atoms with Crippen LogP contribution in [0.5, 0.6) is 0 Å². The zero-order chi connectivity index (χ0) is 7.68. The summed E-state index contributed by atoms with van der Waals surface area (Å²) in [5, 5.41) is 0. The smallest absolute Gasteiger partial charge is 0.115 e. The van der Waals surface area contributed by atoms with E-state index < -0.39 is 0 Å². The van der Waals surface area contributed by atoms with Gasteiger partial charge >= 0.3 is 0 Å². The summed E-state index contributed by atoms with van der Waals surface area (Å²) in [7, 11) is 0. The average Bonchev–Trinajstić information content (AvgIpc) is 2.85. The van der Waals surface area contributed by atoms with Gasteiger partial charge in [0, 0.05) is 17.8 Å². The zero-order valence-corrected chi connectivity index (χ0v) is 6.27. The van der Waals surface area contributed by atoms with Crippen LogP contribution in [0.1, 0.15) is 18.0 Å². The molecule has 0 aliphatic heterocycles. The first-order valence-electron chi connectivity index (χ1n) is 3.88. The molecule has 1 aromatic heterocycles. The van der Waals surface area contributed by atoms with Gasteiger partial charge in [-0.25, -0.2) is 9.97 Å². The van der Waals surface area contributed by atoms with E-state index in [2.05, 4.69) is 9.97 Å². The van der Waals surface area contributed by atoms with Crippen LogP contribution in [0.2, 0.25) is 0 Å². The fourth-order valence-electron chi connectivity index (χ4n) is 1.39. The summed E-state index contributed by atoms with van der Waals surface area (Å²) in [5.74, 6) is 1.29. The Kier molecular flexibility index (Phi) is 1.58. The topological polar surface area (TPSA) is 51.8 Å². The molecule has 1 aliphatic rings. The third kappa shape index (κ3) is 1.24. The van der Waals surface area contributed by atoms with Gasteiger partial charge in [0.15, 0.2) is 0 Å². The van der Waals surface area contributed by atoms with Gasteiger partial charge in [-0.05, 0) is 24.9 Å². The number of aromatic nitrogens is 2. The molecule has 1 saturated carbocycles. The maximum absolute atomic E-state index is 5.52. The lowest BCUT2D eigenvalue weighted by molar-refractivity contribution is 0.794. The molecule has 3 heteroatoms. The molecule has 1 aromatic rings. The zero-order valence-electron chi connectivity index (χ0n) is 6.27. The molecule has 1 fully saturated rings. The Hall–Kier alpha value is -0.960. The van der Waals surface area contributed by atoms with E-state index in [-0.39, 0.29) is 0 Å². The summed E-state index contributed by atoms with van der Waals surface area (Å²) in [5.41, 5.74) is 6.67. The van der Waals surface area contributed by atoms with Crippen molar-refractivity contribution in [2.75, 3.05) is 6.54 Å². The lowest BCUT2D eigenvalue weighted by Crippen LogP contribution is -2.02. The van der Waals surface area contributed by atoms with E-state index in [0.29, 0.717) is 11.8 Å². The Morgan fingerprint density at radius 3 is 3.09 bits per heavy atom. The van der Waals surface area contributed by atoms with Gasteiger partial charge in [0.05, 0.1) is 0 Å². The Bertz CT molecular complexity index is 234. The van der Waals surface area contributed by atoms with Crippen LogP contribution >= 0.6 is 0 Å². The van der Waals surface area contributed by atoms with Gasteiger partial charge in [0.1, 0.15) is 6.33 Å². The first kappa shape index (κ1) is 6.73. The molecule has 58 valence electrons. The average molecular weight is 149 g/mol. The highest BCUT2D eigenvalue weighted by Crippen LogP contribution is 2.45. The lowest BCUT2D eigenvalue weighted by Gasteiger charge is -1.94. The highest BCUT2D eigenvalue weighted by atomic mass is 14.8. The predicted octanol–water partition coefficient (Wildman–Crippen LogP) is 0.539. The molecule has 2 rings (SSSR count). The second-order valence-corrected chi connectivity index (χ2v) is 2.97. The molecule has 0 amide bonds. The summed E-state index contributed by atoms with van der Waals surface area (Å²) in [6, 6.07) is 1.97. The van der Waals surface area contributed by atoms with Crippen molar-refractivity contribution in [1.29, 1.82) is 0 Å². The Morgan fingerprint density at radius 2 is 2.55 bits per heavy atom. The Labute approximate surface area is 65.7 Å². The quantitative estimate of drug-likeness (QED) is 0.667. The van der Waals surface area contributed by atoms with Crippen LogP contribution in [0.25, 0.3) is 0 Å². The molecular formula is C8H11N3. The monoisotopic (exact) mass is 149 g/mol. The van der Waals surface area contributed by atoms with E-state index in [1.54, 1.807) is 12.5 Å². The normalized spacial score (nSPS) is 28.5. The fraction of sp³-hybridized carbons (Fsp3) is 0.500. The predicted molar refractivity (Wildman–Crippen MR) is 41.9 cm³/mol. The maximum atomic E-state index is 5.52. The molecule has 1 aliphatic carbocycles. The van der Waals surface area contributed by atoms with Gasteiger partial charge in [0.2, 0.25) is 0 Å². The molecule has 3 nitrogen and oxygen atoms in total. The molecule has 0 bridgehead atoms. The van der Waals surface area contributed by atoms with Gasteiger partial charge in [-0.1, -0.05) is 0 Å². The van der Waals surface area contributed by atoms with Crippen molar-refractivity contribution in [1.82, 2.24) is 9.97 Å². The minimum atomic E-state index is 0.614. The van der Waals surface area contributed by atoms with Gasteiger partial charge in [0.25, 0.3) is 0 Å². The van der Waals surface area contributed by atoms with Crippen LogP contribution in [0.4, 0.5) is 0 Å². The van der Waals surface area contributed by atoms with E-state index in [0.717, 1.165) is 12.2 Å². The van der Waals surface area contributed by atoms with E-state index in [1.807, 2.05) is 6.07 Å². The minimum absolute atomic E-state index is 0.614. The van der Waals surface area contributed by atoms with Crippen molar-refractivity contribution in [2.24, 2.45) is 11.7 Å². The third-order valence-electron chi connectivity index (χ3n) is 2.21. The minimum Gasteiger partial charge on any atom is -0.330 e. The van der Waals surface area contributed by atoms with Crippen LogP contribution < -0.4 is 5.73 Å². The van der Waals surface area contributed by atoms with Crippen molar-refractivity contribution in [2.45, 2.75) is 12.3 Å². The van der Waals surface area contributed by atoms with Crippen molar-refractivity contribution in [3.8, 4) is 0 Å². The second kappa shape index (κ2) is 2.58. The highest BCUT2D eigenvalue weighted by Gasteiger charge is 2.37. The number of hydrogen-bond acceptors (Lipinski definition) is 3. The van der Waals surface area contributed by atoms with Gasteiger partial charge in [-0.2, -0.15) is 0 Å². The summed E-state index contributed by atoms with van der Waals surface area (Å²) in [6.07, 6.45) is 4.59. The molecule has 0 aromatic carbocycles. The summed E-state index contributed by atoms with van der Waals surface area (Å²) >= 11 is 0. The molecule has 0 saturated heterocycles. The van der Waals surface area contributed by atoms with E-state index in [4.69, 9.17) is 5.73 Å². The molecule has 0 radical (unpaired) electrons. The number of rotatable bonds is 2. The van der Waals surface area contributed by atoms with Crippen LogP contribution in [-0.2, 0) is 0 Å². The van der Waals surface area contributed by atoms with Crippen LogP contribution in [0.15, 0.2) is 18.6 Å². The van der Waals surface area contributed by atoms with Crippen LogP contribution in [0, 0.1) is 5.92 Å². The summed E-state index contributed by atoms with van der Waals surface area (Å²) in [6.45, 7) is 0.786. The highest BCUT2D eigenvalue weighted by molar-refractivity contribution is 5.15. The van der Waals surface area contributed by atoms with Crippen molar-refractivity contribution in [3.05, 3.63) is 24.3 Å². The van der Waals surface area contributed by atoms with Gasteiger partial charge < -0.3 is 5.73 Å². The molecule has 2 N–H and O–H groups in total. The molecule has 0 spiro atoms. The lowest BCUT2D eigenvalue weighted by atomic mass is 10.2. The SMILES string of the molecule is NC[C@@H]1C[C@H]1c1ccncn1. The molecule has 11 heavy (non-hydrogen) atoms. The number of nitrogens with two attached hydrogens (primary N) is 1. The van der Waals surface area contributed by atoms with E-state index >= 15 is 0 Å². The molecule has 1 heterocycles. The van der Waals surface area contributed by atoms with Crippen LogP contribution in [0.3, 0.4) is 0 Å².